The maximum atomic E-state index is 12.9. The summed E-state index contributed by atoms with van der Waals surface area (Å²) in [6.07, 6.45) is 2.83. The Labute approximate surface area is 143 Å². The van der Waals surface area contributed by atoms with Crippen LogP contribution in [0.1, 0.15) is 36.1 Å². The van der Waals surface area contributed by atoms with Crippen molar-refractivity contribution in [2.45, 2.75) is 40.2 Å². The third-order valence-corrected chi connectivity index (χ3v) is 4.62. The molecule has 1 amide bonds. The molecule has 0 bridgehead atoms. The van der Waals surface area contributed by atoms with E-state index in [0.29, 0.717) is 0 Å². The molecular weight excluding hydrogens is 296 g/mol. The fraction of sp³-hybridized carbons (Fsp3) is 0.286. The number of aromatic nitrogens is 1. The van der Waals surface area contributed by atoms with E-state index in [1.165, 1.54) is 10.9 Å². The monoisotopic (exact) mass is 320 g/mol. The number of nitrogens with zero attached hydrogens (tertiary/aromatic N) is 1. The number of benzene rings is 2. The lowest BCUT2D eigenvalue weighted by Crippen LogP contribution is -2.25. The number of carbonyl (C=O) groups excluding carboxylic acids is 1. The Bertz CT molecular complexity index is 892. The summed E-state index contributed by atoms with van der Waals surface area (Å²) in [4.78, 5) is 12.9. The van der Waals surface area contributed by atoms with E-state index in [0.717, 1.165) is 28.8 Å². The van der Waals surface area contributed by atoms with Gasteiger partial charge in [-0.2, -0.15) is 0 Å². The first-order chi connectivity index (χ1) is 11.5. The van der Waals surface area contributed by atoms with Crippen LogP contribution in [0.25, 0.3) is 10.9 Å². The normalized spacial score (nSPS) is 12.3. The Morgan fingerprint density at radius 3 is 2.58 bits per heavy atom. The van der Waals surface area contributed by atoms with E-state index in [1.807, 2.05) is 38.1 Å². The van der Waals surface area contributed by atoms with Gasteiger partial charge < -0.3 is 9.88 Å². The first-order valence-electron chi connectivity index (χ1n) is 8.45. The smallest absolute Gasteiger partial charge is 0.247 e. The van der Waals surface area contributed by atoms with Crippen molar-refractivity contribution in [1.29, 1.82) is 0 Å². The molecule has 0 radical (unpaired) electrons. The van der Waals surface area contributed by atoms with Crippen molar-refractivity contribution in [3.05, 3.63) is 65.4 Å². The molecule has 0 fully saturated rings. The van der Waals surface area contributed by atoms with Gasteiger partial charge in [-0.25, -0.2) is 0 Å². The summed E-state index contributed by atoms with van der Waals surface area (Å²) in [5.74, 6) is 0.0342. The largest absolute Gasteiger partial charge is 0.335 e. The van der Waals surface area contributed by atoms with Crippen molar-refractivity contribution in [3.63, 3.8) is 0 Å². The lowest BCUT2D eigenvalue weighted by Gasteiger charge is -2.19. The number of aryl methyl sites for hydroxylation is 3. The number of amides is 1. The standard InChI is InChI=1S/C21H24N2O/c1-5-19(21(24)22-18-12-14(2)10-11-15(18)3)23-13-16(4)17-8-6-7-9-20(17)23/h6-13,19H,5H2,1-4H3,(H,22,24). The molecule has 24 heavy (non-hydrogen) atoms. The number of fused-ring (bicyclic) bond motifs is 1. The third kappa shape index (κ3) is 2.94. The van der Waals surface area contributed by atoms with Crippen LogP contribution in [0.3, 0.4) is 0 Å². The maximum absolute atomic E-state index is 12.9. The summed E-state index contributed by atoms with van der Waals surface area (Å²) in [7, 11) is 0. The topological polar surface area (TPSA) is 34.0 Å². The van der Waals surface area contributed by atoms with Crippen molar-refractivity contribution in [1.82, 2.24) is 4.57 Å². The number of para-hydroxylation sites is 1. The van der Waals surface area contributed by atoms with Gasteiger partial charge in [0.2, 0.25) is 5.91 Å². The molecule has 3 rings (SSSR count). The second-order valence-corrected chi connectivity index (χ2v) is 6.47. The second-order valence-electron chi connectivity index (χ2n) is 6.47. The Balaban J connectivity index is 1.96. The van der Waals surface area contributed by atoms with E-state index in [-0.39, 0.29) is 11.9 Å². The number of hydrogen-bond donors (Lipinski definition) is 1. The van der Waals surface area contributed by atoms with Gasteiger partial charge in [0.1, 0.15) is 6.04 Å². The van der Waals surface area contributed by atoms with Crippen molar-refractivity contribution >= 4 is 22.5 Å². The molecule has 2 aromatic carbocycles. The van der Waals surface area contributed by atoms with E-state index in [4.69, 9.17) is 0 Å². The van der Waals surface area contributed by atoms with Crippen molar-refractivity contribution < 1.29 is 4.79 Å². The Kier molecular flexibility index (Phi) is 4.43. The summed E-state index contributed by atoms with van der Waals surface area (Å²) in [5.41, 5.74) is 5.43. The molecule has 1 N–H and O–H groups in total. The predicted molar refractivity (Wildman–Crippen MR) is 101 cm³/mol. The van der Waals surface area contributed by atoms with E-state index >= 15 is 0 Å². The van der Waals surface area contributed by atoms with Gasteiger partial charge in [-0.1, -0.05) is 37.3 Å². The van der Waals surface area contributed by atoms with Gasteiger partial charge in [0.05, 0.1) is 0 Å². The second kappa shape index (κ2) is 6.52. The molecule has 0 spiro atoms. The zero-order valence-electron chi connectivity index (χ0n) is 14.8. The lowest BCUT2D eigenvalue weighted by molar-refractivity contribution is -0.119. The Morgan fingerprint density at radius 2 is 1.83 bits per heavy atom. The van der Waals surface area contributed by atoms with Crippen LogP contribution in [0, 0.1) is 20.8 Å². The van der Waals surface area contributed by atoms with Crippen LogP contribution in [0.2, 0.25) is 0 Å². The summed E-state index contributed by atoms with van der Waals surface area (Å²) in [6, 6.07) is 14.2. The SMILES string of the molecule is CCC(C(=O)Nc1cc(C)ccc1C)n1cc(C)c2ccccc21. The van der Waals surface area contributed by atoms with Crippen LogP contribution < -0.4 is 5.32 Å². The molecule has 3 heteroatoms. The van der Waals surface area contributed by atoms with Crippen LogP contribution in [0.4, 0.5) is 5.69 Å². The third-order valence-electron chi connectivity index (χ3n) is 4.62. The van der Waals surface area contributed by atoms with Gasteiger partial charge in [0.15, 0.2) is 0 Å². The molecule has 0 saturated carbocycles. The van der Waals surface area contributed by atoms with Crippen molar-refractivity contribution in [2.75, 3.05) is 5.32 Å². The zero-order valence-corrected chi connectivity index (χ0v) is 14.8. The Morgan fingerprint density at radius 1 is 1.08 bits per heavy atom. The number of nitrogens with one attached hydrogen (secondary N) is 1. The first kappa shape index (κ1) is 16.3. The van der Waals surface area contributed by atoms with Crippen LogP contribution in [0.5, 0.6) is 0 Å². The number of anilines is 1. The first-order valence-corrected chi connectivity index (χ1v) is 8.45. The number of carbonyl (C=O) groups is 1. The van der Waals surface area contributed by atoms with Gasteiger partial charge in [0.25, 0.3) is 0 Å². The van der Waals surface area contributed by atoms with Gasteiger partial charge in [-0.15, -0.1) is 0 Å². The Hall–Kier alpha value is -2.55. The molecule has 3 nitrogen and oxygen atoms in total. The van der Waals surface area contributed by atoms with Crippen molar-refractivity contribution in [3.8, 4) is 0 Å². The van der Waals surface area contributed by atoms with E-state index in [9.17, 15) is 4.79 Å². The maximum Gasteiger partial charge on any atom is 0.247 e. The van der Waals surface area contributed by atoms with Crippen LogP contribution in [0.15, 0.2) is 48.7 Å². The van der Waals surface area contributed by atoms with Crippen molar-refractivity contribution in [2.24, 2.45) is 0 Å². The van der Waals surface area contributed by atoms with Gasteiger partial charge >= 0.3 is 0 Å². The number of hydrogen-bond acceptors (Lipinski definition) is 1. The molecule has 124 valence electrons. The summed E-state index contributed by atoms with van der Waals surface area (Å²) < 4.78 is 2.10. The molecule has 0 saturated heterocycles. The van der Waals surface area contributed by atoms with E-state index in [2.05, 4.69) is 48.1 Å². The average molecular weight is 320 g/mol. The van der Waals surface area contributed by atoms with Gasteiger partial charge in [0, 0.05) is 22.8 Å². The molecule has 0 aliphatic heterocycles. The minimum atomic E-state index is -0.219. The minimum Gasteiger partial charge on any atom is -0.335 e. The summed E-state index contributed by atoms with van der Waals surface area (Å²) in [5, 5.41) is 4.32. The average Bonchev–Trinajstić information content (AvgIpc) is 2.89. The fourth-order valence-corrected chi connectivity index (χ4v) is 3.23. The highest BCUT2D eigenvalue weighted by Gasteiger charge is 2.21. The lowest BCUT2D eigenvalue weighted by atomic mass is 10.1. The quantitative estimate of drug-likeness (QED) is 0.708. The highest BCUT2D eigenvalue weighted by molar-refractivity contribution is 5.96. The predicted octanol–water partition coefficient (Wildman–Crippen LogP) is 5.16. The minimum absolute atomic E-state index is 0.0342. The highest BCUT2D eigenvalue weighted by Crippen LogP contribution is 2.27. The zero-order chi connectivity index (χ0) is 17.3. The van der Waals surface area contributed by atoms with Gasteiger partial charge in [-0.3, -0.25) is 4.79 Å². The number of rotatable bonds is 4. The van der Waals surface area contributed by atoms with Gasteiger partial charge in [-0.05, 0) is 56.0 Å². The van der Waals surface area contributed by atoms with Crippen LogP contribution >= 0.6 is 0 Å². The molecular formula is C21H24N2O. The van der Waals surface area contributed by atoms with Crippen LogP contribution in [-0.4, -0.2) is 10.5 Å². The van der Waals surface area contributed by atoms with Crippen LogP contribution in [-0.2, 0) is 4.79 Å². The molecule has 0 aliphatic rings. The molecule has 0 aliphatic carbocycles. The van der Waals surface area contributed by atoms with E-state index in [1.54, 1.807) is 0 Å². The molecule has 1 heterocycles. The summed E-state index contributed by atoms with van der Waals surface area (Å²) in [6.45, 7) is 8.20. The fourth-order valence-electron chi connectivity index (χ4n) is 3.23. The molecule has 3 aromatic rings. The molecule has 1 aromatic heterocycles. The van der Waals surface area contributed by atoms with E-state index < -0.39 is 0 Å². The summed E-state index contributed by atoms with van der Waals surface area (Å²) >= 11 is 0. The highest BCUT2D eigenvalue weighted by atomic mass is 16.2. The molecule has 1 unspecified atom stereocenters. The molecule has 1 atom stereocenters.